The molecule has 0 aliphatic carbocycles. The number of halogens is 3. The first-order chi connectivity index (χ1) is 12.9. The molecule has 28 heavy (non-hydrogen) atoms. The fraction of sp³-hybridized carbons (Fsp3) is 0.333. The molecule has 10 heteroatoms. The molecule has 2 aromatic rings. The number of benzene rings is 2. The fourth-order valence-corrected chi connectivity index (χ4v) is 5.68. The molecule has 0 saturated carbocycles. The molecule has 0 aliphatic rings. The summed E-state index contributed by atoms with van der Waals surface area (Å²) in [4.78, 5) is 0.0444. The molecule has 0 heterocycles. The molecule has 0 amide bonds. The Morgan fingerprint density at radius 2 is 1.50 bits per heavy atom. The Labute approximate surface area is 181 Å². The lowest BCUT2D eigenvalue weighted by Crippen LogP contribution is -2.39. The van der Waals surface area contributed by atoms with Crippen molar-refractivity contribution < 1.29 is 16.8 Å². The van der Waals surface area contributed by atoms with E-state index >= 15 is 0 Å². The van der Waals surface area contributed by atoms with Gasteiger partial charge in [-0.2, -0.15) is 0 Å². The van der Waals surface area contributed by atoms with Crippen molar-refractivity contribution in [3.05, 3.63) is 57.5 Å². The molecule has 0 N–H and O–H groups in total. The van der Waals surface area contributed by atoms with Crippen molar-refractivity contribution >= 4 is 60.4 Å². The summed E-state index contributed by atoms with van der Waals surface area (Å²) in [6.07, 6.45) is 1.78. The van der Waals surface area contributed by atoms with E-state index in [1.54, 1.807) is 13.0 Å². The first kappa shape index (κ1) is 23.3. The topological polar surface area (TPSA) is 71.5 Å². The van der Waals surface area contributed by atoms with Gasteiger partial charge in [0, 0.05) is 28.1 Å². The predicted molar refractivity (Wildman–Crippen MR) is 116 cm³/mol. The van der Waals surface area contributed by atoms with Gasteiger partial charge in [-0.25, -0.2) is 16.8 Å². The molecule has 0 aromatic heterocycles. The van der Waals surface area contributed by atoms with Crippen LogP contribution in [0.15, 0.2) is 47.4 Å². The van der Waals surface area contributed by atoms with Crippen LogP contribution in [0.3, 0.4) is 0 Å². The smallest absolute Gasteiger partial charge is 0.262 e. The third kappa shape index (κ3) is 6.00. The van der Waals surface area contributed by atoms with Gasteiger partial charge in [-0.1, -0.05) is 34.8 Å². The quantitative estimate of drug-likeness (QED) is 0.525. The molecule has 0 aliphatic heterocycles. The third-order valence-electron chi connectivity index (χ3n) is 4.05. The van der Waals surface area contributed by atoms with Crippen molar-refractivity contribution in [2.24, 2.45) is 0 Å². The summed E-state index contributed by atoms with van der Waals surface area (Å²) < 4.78 is 50.8. The molecular formula is C18H20Cl3NO4S2. The lowest BCUT2D eigenvalue weighted by Gasteiger charge is -2.31. The zero-order valence-corrected chi connectivity index (χ0v) is 19.2. The molecule has 5 nitrogen and oxygen atoms in total. The van der Waals surface area contributed by atoms with Crippen LogP contribution in [0.1, 0.15) is 19.8 Å². The van der Waals surface area contributed by atoms with E-state index in [1.807, 2.05) is 0 Å². The van der Waals surface area contributed by atoms with Gasteiger partial charge in [0.1, 0.15) is 9.84 Å². The van der Waals surface area contributed by atoms with Gasteiger partial charge in [0.15, 0.2) is 0 Å². The maximum Gasteiger partial charge on any atom is 0.264 e. The van der Waals surface area contributed by atoms with E-state index in [0.717, 1.165) is 6.26 Å². The molecule has 154 valence electrons. The number of nitrogens with zero attached hydrogens (tertiary/aromatic N) is 1. The Kier molecular flexibility index (Phi) is 7.67. The number of hydrogen-bond donors (Lipinski definition) is 0. The summed E-state index contributed by atoms with van der Waals surface area (Å²) in [6.45, 7) is 1.70. The highest BCUT2D eigenvalue weighted by atomic mass is 35.5. The Hall–Kier alpha value is -0.990. The molecule has 2 aromatic carbocycles. The maximum absolute atomic E-state index is 13.4. The van der Waals surface area contributed by atoms with Gasteiger partial charge < -0.3 is 0 Å². The predicted octanol–water partition coefficient (Wildman–Crippen LogP) is 5.06. The van der Waals surface area contributed by atoms with Crippen molar-refractivity contribution in [3.63, 3.8) is 0 Å². The number of sulfone groups is 1. The zero-order valence-electron chi connectivity index (χ0n) is 15.3. The van der Waals surface area contributed by atoms with Crippen LogP contribution in [0.4, 0.5) is 5.69 Å². The lowest BCUT2D eigenvalue weighted by molar-refractivity contribution is 0.566. The van der Waals surface area contributed by atoms with Crippen molar-refractivity contribution in [1.82, 2.24) is 0 Å². The highest BCUT2D eigenvalue weighted by Gasteiger charge is 2.31. The van der Waals surface area contributed by atoms with Gasteiger partial charge in [-0.05, 0) is 62.2 Å². The second-order valence-corrected chi connectivity index (χ2v) is 11.8. The summed E-state index contributed by atoms with van der Waals surface area (Å²) in [5, 5.41) is 0.962. The van der Waals surface area contributed by atoms with E-state index < -0.39 is 25.9 Å². The number of anilines is 1. The fourth-order valence-electron chi connectivity index (χ4n) is 2.74. The van der Waals surface area contributed by atoms with Gasteiger partial charge in [0.2, 0.25) is 0 Å². The maximum atomic E-state index is 13.4. The lowest BCUT2D eigenvalue weighted by atomic mass is 10.2. The Morgan fingerprint density at radius 1 is 0.929 bits per heavy atom. The summed E-state index contributed by atoms with van der Waals surface area (Å²) in [6, 6.07) is 9.80. The van der Waals surface area contributed by atoms with E-state index in [9.17, 15) is 16.8 Å². The van der Waals surface area contributed by atoms with Crippen LogP contribution in [-0.2, 0) is 19.9 Å². The van der Waals surface area contributed by atoms with E-state index in [0.29, 0.717) is 22.9 Å². The normalized spacial score (nSPS) is 13.3. The van der Waals surface area contributed by atoms with E-state index in [2.05, 4.69) is 0 Å². The van der Waals surface area contributed by atoms with Gasteiger partial charge in [0.25, 0.3) is 10.0 Å². The van der Waals surface area contributed by atoms with Crippen molar-refractivity contribution in [1.29, 1.82) is 0 Å². The average Bonchev–Trinajstić information content (AvgIpc) is 2.57. The Balaban J connectivity index is 2.49. The van der Waals surface area contributed by atoms with E-state index in [-0.39, 0.29) is 21.4 Å². The monoisotopic (exact) mass is 483 g/mol. The summed E-state index contributed by atoms with van der Waals surface area (Å²) >= 11 is 18.2. The molecule has 1 atom stereocenters. The summed E-state index contributed by atoms with van der Waals surface area (Å²) in [7, 11) is -7.14. The highest BCUT2D eigenvalue weighted by Crippen LogP contribution is 2.35. The molecule has 0 saturated heterocycles. The molecule has 2 rings (SSSR count). The number of sulfonamides is 1. The largest absolute Gasteiger partial charge is 0.264 e. The van der Waals surface area contributed by atoms with E-state index in [1.165, 1.54) is 40.7 Å². The Morgan fingerprint density at radius 3 is 2.07 bits per heavy atom. The molecule has 0 spiro atoms. The van der Waals surface area contributed by atoms with E-state index in [4.69, 9.17) is 34.8 Å². The SMILES string of the molecule is CC(CCCS(C)(=O)=O)N(c1cc(Cl)ccc1Cl)S(=O)(=O)c1ccc(Cl)cc1. The van der Waals surface area contributed by atoms with Crippen LogP contribution in [0.5, 0.6) is 0 Å². The van der Waals surface area contributed by atoms with Crippen LogP contribution >= 0.6 is 34.8 Å². The third-order valence-corrected chi connectivity index (χ3v) is 7.83. The van der Waals surface area contributed by atoms with Gasteiger partial charge >= 0.3 is 0 Å². The standard InChI is InChI=1S/C18H20Cl3NO4S2/c1-13(4-3-11-27(2,23)24)22(18-12-15(20)7-10-17(18)21)28(25,26)16-8-5-14(19)6-9-16/h5-10,12-13H,3-4,11H2,1-2H3. The zero-order chi connectivity index (χ0) is 21.1. The second-order valence-electron chi connectivity index (χ2n) is 6.47. The molecule has 0 fully saturated rings. The van der Waals surface area contributed by atoms with Crippen LogP contribution < -0.4 is 4.31 Å². The second kappa shape index (κ2) is 9.22. The van der Waals surface area contributed by atoms with Crippen LogP contribution in [0, 0.1) is 0 Å². The van der Waals surface area contributed by atoms with Crippen molar-refractivity contribution in [2.75, 3.05) is 16.3 Å². The highest BCUT2D eigenvalue weighted by molar-refractivity contribution is 7.93. The Bertz CT molecular complexity index is 1040. The minimum absolute atomic E-state index is 0.0323. The molecule has 1 unspecified atom stereocenters. The minimum Gasteiger partial charge on any atom is -0.262 e. The summed E-state index contributed by atoms with van der Waals surface area (Å²) in [5.74, 6) is -0.0323. The molecule has 0 bridgehead atoms. The van der Waals surface area contributed by atoms with Crippen LogP contribution in [0.25, 0.3) is 0 Å². The van der Waals surface area contributed by atoms with Crippen molar-refractivity contribution in [3.8, 4) is 0 Å². The average molecular weight is 485 g/mol. The molecule has 0 radical (unpaired) electrons. The van der Waals surface area contributed by atoms with Crippen molar-refractivity contribution in [2.45, 2.75) is 30.7 Å². The van der Waals surface area contributed by atoms with Gasteiger partial charge in [-0.15, -0.1) is 0 Å². The van der Waals surface area contributed by atoms with Crippen LogP contribution in [0.2, 0.25) is 15.1 Å². The van der Waals surface area contributed by atoms with Gasteiger partial charge in [-0.3, -0.25) is 4.31 Å². The number of hydrogen-bond acceptors (Lipinski definition) is 4. The van der Waals surface area contributed by atoms with Gasteiger partial charge in [0.05, 0.1) is 15.6 Å². The molecular weight excluding hydrogens is 465 g/mol. The van der Waals surface area contributed by atoms with Crippen LogP contribution in [-0.4, -0.2) is 34.9 Å². The summed E-state index contributed by atoms with van der Waals surface area (Å²) in [5.41, 5.74) is 0.232. The number of rotatable bonds is 8. The first-order valence-electron chi connectivity index (χ1n) is 8.34. The minimum atomic E-state index is -3.99. The first-order valence-corrected chi connectivity index (χ1v) is 13.0.